The van der Waals surface area contributed by atoms with Gasteiger partial charge < -0.3 is 15.0 Å². The fourth-order valence-corrected chi connectivity index (χ4v) is 5.59. The number of rotatable bonds is 9. The standard InChI is InChI=1S/C36H38N2O2/c1-4-26-17-21-28(22-18-26)33-25-32(37-30-13-9-7-10-14-30)34(36(39)40-6-3)35(29-23-19-27(5-2)20-24-29)38(33)31-15-11-8-12-16-31/h7-24,33,35,37H,4-6,25H2,1-3H3. The monoisotopic (exact) mass is 530 g/mol. The maximum absolute atomic E-state index is 13.9. The molecule has 1 heterocycles. The van der Waals surface area contributed by atoms with Gasteiger partial charge in [0, 0.05) is 23.5 Å². The Hall–Kier alpha value is -4.31. The zero-order valence-electron chi connectivity index (χ0n) is 23.6. The first-order valence-corrected chi connectivity index (χ1v) is 14.4. The van der Waals surface area contributed by atoms with E-state index in [1.807, 2.05) is 43.3 Å². The fourth-order valence-electron chi connectivity index (χ4n) is 5.59. The lowest BCUT2D eigenvalue weighted by molar-refractivity contribution is -0.139. The SMILES string of the molecule is CCOC(=O)C1=C(Nc2ccccc2)CC(c2ccc(CC)cc2)N(c2ccccc2)C1c1ccc(CC)cc1. The lowest BCUT2D eigenvalue weighted by atomic mass is 9.83. The average Bonchev–Trinajstić information content (AvgIpc) is 3.01. The Morgan fingerprint density at radius 2 is 1.30 bits per heavy atom. The molecule has 40 heavy (non-hydrogen) atoms. The van der Waals surface area contributed by atoms with Crippen LogP contribution in [0, 0.1) is 0 Å². The van der Waals surface area contributed by atoms with Gasteiger partial charge in [-0.15, -0.1) is 0 Å². The molecule has 0 aromatic heterocycles. The molecule has 2 unspecified atom stereocenters. The average molecular weight is 531 g/mol. The van der Waals surface area contributed by atoms with Crippen LogP contribution in [-0.4, -0.2) is 12.6 Å². The summed E-state index contributed by atoms with van der Waals surface area (Å²) in [5.41, 5.74) is 8.42. The van der Waals surface area contributed by atoms with E-state index in [0.29, 0.717) is 18.6 Å². The van der Waals surface area contributed by atoms with Gasteiger partial charge >= 0.3 is 5.97 Å². The molecule has 2 atom stereocenters. The van der Waals surface area contributed by atoms with Gasteiger partial charge in [0.1, 0.15) is 0 Å². The maximum Gasteiger partial charge on any atom is 0.338 e. The van der Waals surface area contributed by atoms with Gasteiger partial charge in [0.2, 0.25) is 0 Å². The molecule has 0 amide bonds. The first-order valence-electron chi connectivity index (χ1n) is 14.4. The molecule has 4 aromatic carbocycles. The Kier molecular flexibility index (Phi) is 8.65. The Bertz CT molecular complexity index is 1430. The predicted molar refractivity (Wildman–Crippen MR) is 164 cm³/mol. The van der Waals surface area contributed by atoms with Gasteiger partial charge in [-0.25, -0.2) is 4.79 Å². The summed E-state index contributed by atoms with van der Waals surface area (Å²) in [6.07, 6.45) is 2.58. The van der Waals surface area contributed by atoms with E-state index in [-0.39, 0.29) is 18.1 Å². The van der Waals surface area contributed by atoms with Gasteiger partial charge in [-0.1, -0.05) is 98.8 Å². The highest BCUT2D eigenvalue weighted by atomic mass is 16.5. The van der Waals surface area contributed by atoms with Crippen molar-refractivity contribution in [1.82, 2.24) is 0 Å². The quantitative estimate of drug-likeness (QED) is 0.221. The van der Waals surface area contributed by atoms with Crippen molar-refractivity contribution in [2.45, 2.75) is 52.1 Å². The van der Waals surface area contributed by atoms with E-state index >= 15 is 0 Å². The Labute approximate surface area is 238 Å². The lowest BCUT2D eigenvalue weighted by Crippen LogP contribution is -2.41. The minimum absolute atomic E-state index is 0.00598. The molecule has 204 valence electrons. The number of carbonyl (C=O) groups is 1. The van der Waals surface area contributed by atoms with Gasteiger partial charge in [-0.05, 0) is 66.3 Å². The summed E-state index contributed by atoms with van der Waals surface area (Å²) in [6, 6.07) is 37.8. The van der Waals surface area contributed by atoms with Crippen LogP contribution in [-0.2, 0) is 22.4 Å². The summed E-state index contributed by atoms with van der Waals surface area (Å²) >= 11 is 0. The van der Waals surface area contributed by atoms with Gasteiger partial charge in [0.05, 0.1) is 24.3 Å². The predicted octanol–water partition coefficient (Wildman–Crippen LogP) is 8.43. The first-order chi connectivity index (χ1) is 19.6. The van der Waals surface area contributed by atoms with Crippen LogP contribution in [0.25, 0.3) is 0 Å². The van der Waals surface area contributed by atoms with Crippen LogP contribution in [0.1, 0.15) is 61.5 Å². The van der Waals surface area contributed by atoms with Gasteiger partial charge in [0.15, 0.2) is 0 Å². The molecule has 1 N–H and O–H groups in total. The highest BCUT2D eigenvalue weighted by Crippen LogP contribution is 2.48. The number of para-hydroxylation sites is 2. The van der Waals surface area contributed by atoms with Crippen molar-refractivity contribution < 1.29 is 9.53 Å². The largest absolute Gasteiger partial charge is 0.463 e. The molecule has 0 fully saturated rings. The van der Waals surface area contributed by atoms with Crippen molar-refractivity contribution >= 4 is 17.3 Å². The molecule has 0 saturated carbocycles. The first kappa shape index (κ1) is 27.3. The van der Waals surface area contributed by atoms with Crippen LogP contribution < -0.4 is 10.2 Å². The van der Waals surface area contributed by atoms with E-state index in [1.165, 1.54) is 16.7 Å². The molecule has 4 heteroatoms. The molecule has 0 radical (unpaired) electrons. The van der Waals surface area contributed by atoms with Crippen molar-refractivity contribution in [3.05, 3.63) is 143 Å². The minimum Gasteiger partial charge on any atom is -0.463 e. The van der Waals surface area contributed by atoms with Gasteiger partial charge in [-0.2, -0.15) is 0 Å². The van der Waals surface area contributed by atoms with Crippen molar-refractivity contribution in [3.8, 4) is 0 Å². The second-order valence-electron chi connectivity index (χ2n) is 10.2. The number of anilines is 2. The maximum atomic E-state index is 13.9. The lowest BCUT2D eigenvalue weighted by Gasteiger charge is -2.46. The smallest absolute Gasteiger partial charge is 0.338 e. The summed E-state index contributed by atoms with van der Waals surface area (Å²) in [7, 11) is 0. The van der Waals surface area contributed by atoms with Crippen molar-refractivity contribution in [2.24, 2.45) is 0 Å². The summed E-state index contributed by atoms with van der Waals surface area (Å²) < 4.78 is 5.74. The molecule has 0 spiro atoms. The van der Waals surface area contributed by atoms with Crippen LogP contribution in [0.4, 0.5) is 11.4 Å². The number of ether oxygens (including phenoxy) is 1. The van der Waals surface area contributed by atoms with E-state index in [9.17, 15) is 4.79 Å². The van der Waals surface area contributed by atoms with E-state index in [0.717, 1.165) is 35.5 Å². The molecular weight excluding hydrogens is 492 g/mol. The second-order valence-corrected chi connectivity index (χ2v) is 10.2. The topological polar surface area (TPSA) is 41.6 Å². The van der Waals surface area contributed by atoms with Crippen LogP contribution in [0.5, 0.6) is 0 Å². The highest BCUT2D eigenvalue weighted by molar-refractivity contribution is 5.93. The Balaban J connectivity index is 1.76. The molecule has 1 aliphatic heterocycles. The van der Waals surface area contributed by atoms with Gasteiger partial charge in [0.25, 0.3) is 0 Å². The highest BCUT2D eigenvalue weighted by Gasteiger charge is 2.41. The van der Waals surface area contributed by atoms with E-state index in [4.69, 9.17) is 4.74 Å². The third kappa shape index (κ3) is 5.81. The number of benzene rings is 4. The van der Waals surface area contributed by atoms with Crippen molar-refractivity contribution in [1.29, 1.82) is 0 Å². The Morgan fingerprint density at radius 3 is 1.85 bits per heavy atom. The summed E-state index contributed by atoms with van der Waals surface area (Å²) in [6.45, 7) is 6.52. The molecular formula is C36H38N2O2. The zero-order chi connectivity index (χ0) is 27.9. The van der Waals surface area contributed by atoms with Crippen molar-refractivity contribution in [3.63, 3.8) is 0 Å². The molecule has 0 aliphatic carbocycles. The Morgan fingerprint density at radius 1 is 0.750 bits per heavy atom. The molecule has 5 rings (SSSR count). The second kappa shape index (κ2) is 12.7. The van der Waals surface area contributed by atoms with E-state index in [2.05, 4.69) is 96.9 Å². The number of hydrogen-bond donors (Lipinski definition) is 1. The fraction of sp³-hybridized carbons (Fsp3) is 0.250. The molecule has 4 nitrogen and oxygen atoms in total. The molecule has 0 bridgehead atoms. The van der Waals surface area contributed by atoms with Gasteiger partial charge in [-0.3, -0.25) is 0 Å². The van der Waals surface area contributed by atoms with Crippen LogP contribution in [0.2, 0.25) is 0 Å². The molecule has 1 aliphatic rings. The summed E-state index contributed by atoms with van der Waals surface area (Å²) in [4.78, 5) is 16.3. The number of esters is 1. The number of nitrogens with one attached hydrogen (secondary N) is 1. The van der Waals surface area contributed by atoms with Crippen LogP contribution in [0.15, 0.2) is 120 Å². The van der Waals surface area contributed by atoms with E-state index in [1.54, 1.807) is 0 Å². The summed E-state index contributed by atoms with van der Waals surface area (Å²) in [5, 5.41) is 3.64. The normalized spacial score (nSPS) is 17.0. The van der Waals surface area contributed by atoms with Crippen LogP contribution >= 0.6 is 0 Å². The van der Waals surface area contributed by atoms with Crippen LogP contribution in [0.3, 0.4) is 0 Å². The third-order valence-electron chi connectivity index (χ3n) is 7.71. The third-order valence-corrected chi connectivity index (χ3v) is 7.71. The number of hydrogen-bond acceptors (Lipinski definition) is 4. The van der Waals surface area contributed by atoms with E-state index < -0.39 is 0 Å². The minimum atomic E-state index is -0.344. The zero-order valence-corrected chi connectivity index (χ0v) is 23.6. The van der Waals surface area contributed by atoms with Crippen molar-refractivity contribution in [2.75, 3.05) is 16.8 Å². The molecule has 0 saturated heterocycles. The molecule has 4 aromatic rings. The number of aryl methyl sites for hydroxylation is 2. The summed E-state index contributed by atoms with van der Waals surface area (Å²) in [5.74, 6) is -0.286. The number of nitrogens with zero attached hydrogens (tertiary/aromatic N) is 1. The number of carbonyl (C=O) groups excluding carboxylic acids is 1.